The third-order valence-corrected chi connectivity index (χ3v) is 4.62. The fraction of sp³-hybridized carbons (Fsp3) is 0.273. The lowest BCUT2D eigenvalue weighted by molar-refractivity contribution is -0.385. The molecule has 0 saturated carbocycles. The highest BCUT2D eigenvalue weighted by molar-refractivity contribution is 7.80. The van der Waals surface area contributed by atoms with Gasteiger partial charge in [0.2, 0.25) is 0 Å². The monoisotopic (exact) mass is 442 g/mol. The lowest BCUT2D eigenvalue weighted by atomic mass is 10.1. The highest BCUT2D eigenvalue weighted by Gasteiger charge is 2.11. The topological polar surface area (TPSA) is 117 Å². The van der Waals surface area contributed by atoms with Crippen LogP contribution >= 0.6 is 12.2 Å². The number of nitrogens with one attached hydrogen (secondary N) is 3. The van der Waals surface area contributed by atoms with Crippen molar-refractivity contribution in [2.45, 2.75) is 19.3 Å². The van der Waals surface area contributed by atoms with Crippen molar-refractivity contribution < 1.29 is 14.8 Å². The van der Waals surface area contributed by atoms with E-state index in [1.54, 1.807) is 18.2 Å². The average Bonchev–Trinajstić information content (AvgIpc) is 2.74. The molecule has 164 valence electrons. The quantitative estimate of drug-likeness (QED) is 0.171. The summed E-state index contributed by atoms with van der Waals surface area (Å²) in [4.78, 5) is 21.4. The number of carboxylic acid groups (broad SMARTS) is 1. The maximum absolute atomic E-state index is 11.3. The van der Waals surface area contributed by atoms with E-state index in [2.05, 4.69) is 28.1 Å². The van der Waals surface area contributed by atoms with Crippen molar-refractivity contribution in [3.63, 3.8) is 0 Å². The Labute approximate surface area is 186 Å². The molecule has 0 amide bonds. The molecule has 0 aromatic heterocycles. The molecule has 0 aliphatic heterocycles. The SMILES string of the molecule is O=C(O)CCNC(=S)NCC/C=C/c1cc(NCCc2ccccc2)ccc1[N+](=O)[O-]. The second-order valence-corrected chi connectivity index (χ2v) is 7.12. The van der Waals surface area contributed by atoms with E-state index in [9.17, 15) is 14.9 Å². The van der Waals surface area contributed by atoms with Gasteiger partial charge in [0, 0.05) is 31.4 Å². The summed E-state index contributed by atoms with van der Waals surface area (Å²) in [6, 6.07) is 15.1. The molecule has 4 N–H and O–H groups in total. The number of aliphatic carboxylic acids is 1. The molecule has 9 heteroatoms. The van der Waals surface area contributed by atoms with E-state index in [0.717, 1.165) is 18.7 Å². The predicted molar refractivity (Wildman–Crippen MR) is 126 cm³/mol. The van der Waals surface area contributed by atoms with E-state index in [1.165, 1.54) is 11.6 Å². The zero-order valence-corrected chi connectivity index (χ0v) is 17.9. The van der Waals surface area contributed by atoms with Crippen molar-refractivity contribution in [3.05, 3.63) is 75.8 Å². The maximum atomic E-state index is 11.3. The summed E-state index contributed by atoms with van der Waals surface area (Å²) in [7, 11) is 0. The van der Waals surface area contributed by atoms with Crippen LogP contribution in [-0.4, -0.2) is 40.7 Å². The van der Waals surface area contributed by atoms with Gasteiger partial charge in [0.25, 0.3) is 5.69 Å². The normalized spacial score (nSPS) is 10.6. The van der Waals surface area contributed by atoms with E-state index >= 15 is 0 Å². The molecule has 0 unspecified atom stereocenters. The first kappa shape index (κ1) is 23.8. The Bertz CT molecular complexity index is 919. The van der Waals surface area contributed by atoms with Crippen LogP contribution in [-0.2, 0) is 11.2 Å². The molecule has 0 fully saturated rings. The first-order chi connectivity index (χ1) is 15.0. The number of nitro benzene ring substituents is 1. The largest absolute Gasteiger partial charge is 0.481 e. The summed E-state index contributed by atoms with van der Waals surface area (Å²) in [6.45, 7) is 1.51. The number of rotatable bonds is 12. The molecule has 0 aliphatic carbocycles. The Kier molecular flexibility index (Phi) is 9.96. The predicted octanol–water partition coefficient (Wildman–Crippen LogP) is 3.59. The average molecular weight is 443 g/mol. The van der Waals surface area contributed by atoms with Gasteiger partial charge in [-0.25, -0.2) is 0 Å². The zero-order valence-electron chi connectivity index (χ0n) is 17.0. The van der Waals surface area contributed by atoms with Crippen LogP contribution in [0.3, 0.4) is 0 Å². The van der Waals surface area contributed by atoms with Crippen LogP contribution in [0.2, 0.25) is 0 Å². The molecule has 8 nitrogen and oxygen atoms in total. The van der Waals surface area contributed by atoms with Crippen LogP contribution in [0.1, 0.15) is 24.0 Å². The fourth-order valence-corrected chi connectivity index (χ4v) is 2.99. The maximum Gasteiger partial charge on any atom is 0.305 e. The molecular weight excluding hydrogens is 416 g/mol. The van der Waals surface area contributed by atoms with Gasteiger partial charge < -0.3 is 21.1 Å². The highest BCUT2D eigenvalue weighted by Crippen LogP contribution is 2.24. The highest BCUT2D eigenvalue weighted by atomic mass is 32.1. The van der Waals surface area contributed by atoms with Gasteiger partial charge in [-0.1, -0.05) is 42.5 Å². The van der Waals surface area contributed by atoms with Gasteiger partial charge in [0.1, 0.15) is 0 Å². The smallest absolute Gasteiger partial charge is 0.305 e. The number of hydrogen-bond acceptors (Lipinski definition) is 5. The number of nitrogens with zero attached hydrogens (tertiary/aromatic N) is 1. The minimum atomic E-state index is -0.892. The van der Waals surface area contributed by atoms with E-state index < -0.39 is 10.9 Å². The van der Waals surface area contributed by atoms with Crippen molar-refractivity contribution in [1.29, 1.82) is 0 Å². The number of anilines is 1. The number of nitro groups is 1. The Balaban J connectivity index is 1.85. The van der Waals surface area contributed by atoms with Crippen molar-refractivity contribution in [3.8, 4) is 0 Å². The Hall–Kier alpha value is -3.46. The summed E-state index contributed by atoms with van der Waals surface area (Å²) in [5, 5.41) is 29.4. The number of hydrogen-bond donors (Lipinski definition) is 4. The summed E-state index contributed by atoms with van der Waals surface area (Å²) < 4.78 is 0. The Morgan fingerprint density at radius 3 is 2.55 bits per heavy atom. The minimum absolute atomic E-state index is 0.0128. The summed E-state index contributed by atoms with van der Waals surface area (Å²) in [6.07, 6.45) is 5.01. The van der Waals surface area contributed by atoms with Crippen LogP contribution < -0.4 is 16.0 Å². The van der Waals surface area contributed by atoms with Crippen molar-refractivity contribution >= 4 is 40.8 Å². The number of carbonyl (C=O) groups is 1. The van der Waals surface area contributed by atoms with Gasteiger partial charge in [0.15, 0.2) is 5.11 Å². The van der Waals surface area contributed by atoms with Crippen molar-refractivity contribution in [2.75, 3.05) is 25.0 Å². The number of thiocarbonyl (C=S) groups is 1. The molecule has 2 aromatic rings. The summed E-state index contributed by atoms with van der Waals surface area (Å²) >= 11 is 5.06. The Morgan fingerprint density at radius 2 is 1.84 bits per heavy atom. The molecule has 2 aromatic carbocycles. The molecule has 0 atom stereocenters. The van der Waals surface area contributed by atoms with E-state index in [0.29, 0.717) is 23.6 Å². The molecule has 0 aliphatic rings. The van der Waals surface area contributed by atoms with Gasteiger partial charge in [-0.3, -0.25) is 14.9 Å². The van der Waals surface area contributed by atoms with E-state index in [1.807, 2.05) is 24.3 Å². The summed E-state index contributed by atoms with van der Waals surface area (Å²) in [5.41, 5.74) is 2.61. The number of benzene rings is 2. The minimum Gasteiger partial charge on any atom is -0.481 e. The second kappa shape index (κ2) is 13.0. The van der Waals surface area contributed by atoms with Gasteiger partial charge in [-0.2, -0.15) is 0 Å². The van der Waals surface area contributed by atoms with Crippen molar-refractivity contribution in [2.24, 2.45) is 0 Å². The molecule has 0 heterocycles. The van der Waals surface area contributed by atoms with Crippen molar-refractivity contribution in [1.82, 2.24) is 10.6 Å². The molecule has 31 heavy (non-hydrogen) atoms. The molecule has 0 radical (unpaired) electrons. The molecule has 2 rings (SSSR count). The molecule has 0 spiro atoms. The fourth-order valence-electron chi connectivity index (χ4n) is 2.78. The third-order valence-electron chi connectivity index (χ3n) is 4.33. The van der Waals surface area contributed by atoms with Gasteiger partial charge in [-0.05, 0) is 42.8 Å². The lowest BCUT2D eigenvalue weighted by Crippen LogP contribution is -2.36. The molecule has 0 bridgehead atoms. The first-order valence-corrected chi connectivity index (χ1v) is 10.3. The van der Waals surface area contributed by atoms with Crippen LogP contribution in [0.25, 0.3) is 6.08 Å². The van der Waals surface area contributed by atoms with Crippen LogP contribution in [0.15, 0.2) is 54.6 Å². The van der Waals surface area contributed by atoms with E-state index in [4.69, 9.17) is 17.3 Å². The van der Waals surface area contributed by atoms with E-state index in [-0.39, 0.29) is 18.7 Å². The molecule has 0 saturated heterocycles. The van der Waals surface area contributed by atoms with Crippen LogP contribution in [0, 0.1) is 10.1 Å². The molecular formula is C22H26N4O4S. The zero-order chi connectivity index (χ0) is 22.5. The standard InChI is InChI=1S/C22H26N4O4S/c27-21(28)12-15-25-22(31)24-13-5-4-8-18-16-19(9-10-20(18)26(29)30)23-14-11-17-6-2-1-3-7-17/h1-4,6-10,16,23H,5,11-15H2,(H,27,28)(H2,24,25,31)/b8-4+. The number of carboxylic acids is 1. The third kappa shape index (κ3) is 9.26. The van der Waals surface area contributed by atoms with Gasteiger partial charge in [-0.15, -0.1) is 0 Å². The second-order valence-electron chi connectivity index (χ2n) is 6.71. The van der Waals surface area contributed by atoms with Gasteiger partial charge in [0.05, 0.1) is 16.9 Å². The van der Waals surface area contributed by atoms with Crippen LogP contribution in [0.4, 0.5) is 11.4 Å². The Morgan fingerprint density at radius 1 is 1.10 bits per heavy atom. The van der Waals surface area contributed by atoms with Gasteiger partial charge >= 0.3 is 5.97 Å². The van der Waals surface area contributed by atoms with Crippen LogP contribution in [0.5, 0.6) is 0 Å². The first-order valence-electron chi connectivity index (χ1n) is 9.92. The summed E-state index contributed by atoms with van der Waals surface area (Å²) in [5.74, 6) is -0.892. The lowest BCUT2D eigenvalue weighted by Gasteiger charge is -2.09.